The zero-order valence-electron chi connectivity index (χ0n) is 12.8. The van der Waals surface area contributed by atoms with Crippen LogP contribution in [0.3, 0.4) is 0 Å². The molecule has 1 aromatic heterocycles. The largest absolute Gasteiger partial charge is 0.497 e. The van der Waals surface area contributed by atoms with Crippen LogP contribution in [0.15, 0.2) is 18.2 Å². The van der Waals surface area contributed by atoms with Crippen LogP contribution in [0, 0.1) is 0 Å². The zero-order chi connectivity index (χ0) is 16.8. The first-order valence-electron chi connectivity index (χ1n) is 6.64. The Morgan fingerprint density at radius 3 is 2.39 bits per heavy atom. The van der Waals surface area contributed by atoms with Crippen LogP contribution in [0.4, 0.5) is 11.9 Å². The van der Waals surface area contributed by atoms with Crippen LogP contribution < -0.4 is 20.9 Å². The van der Waals surface area contributed by atoms with Gasteiger partial charge >= 0.3 is 5.97 Å². The second kappa shape index (κ2) is 7.25. The van der Waals surface area contributed by atoms with Gasteiger partial charge in [0.1, 0.15) is 11.5 Å². The van der Waals surface area contributed by atoms with E-state index in [9.17, 15) is 4.79 Å². The molecule has 0 fully saturated rings. The van der Waals surface area contributed by atoms with Crippen molar-refractivity contribution in [2.75, 3.05) is 25.7 Å². The zero-order valence-corrected chi connectivity index (χ0v) is 12.8. The van der Waals surface area contributed by atoms with Crippen LogP contribution in [0.2, 0.25) is 0 Å². The van der Waals surface area contributed by atoms with E-state index in [0.717, 1.165) is 0 Å². The van der Waals surface area contributed by atoms with Gasteiger partial charge in [0.05, 0.1) is 20.6 Å². The summed E-state index contributed by atoms with van der Waals surface area (Å²) in [4.78, 5) is 23.2. The SMILES string of the molecule is COc1ccc(CC(=O)OCc2nc(N)nc(N)n2)c(OC)c1. The maximum atomic E-state index is 11.9. The number of nitrogens with zero attached hydrogens (tertiary/aromatic N) is 3. The Hall–Kier alpha value is -3.10. The number of hydrogen-bond donors (Lipinski definition) is 2. The van der Waals surface area contributed by atoms with Crippen molar-refractivity contribution < 1.29 is 19.0 Å². The molecule has 2 aromatic rings. The minimum atomic E-state index is -0.467. The number of rotatable bonds is 6. The second-order valence-electron chi connectivity index (χ2n) is 4.48. The summed E-state index contributed by atoms with van der Waals surface area (Å²) in [6, 6.07) is 5.16. The van der Waals surface area contributed by atoms with Gasteiger partial charge in [0.15, 0.2) is 12.4 Å². The topological polar surface area (TPSA) is 135 Å². The summed E-state index contributed by atoms with van der Waals surface area (Å²) < 4.78 is 15.4. The van der Waals surface area contributed by atoms with Gasteiger partial charge in [0.2, 0.25) is 11.9 Å². The van der Waals surface area contributed by atoms with Gasteiger partial charge in [-0.2, -0.15) is 15.0 Å². The number of carbonyl (C=O) groups excluding carboxylic acids is 1. The monoisotopic (exact) mass is 319 g/mol. The lowest BCUT2D eigenvalue weighted by Gasteiger charge is -2.10. The van der Waals surface area contributed by atoms with Crippen molar-refractivity contribution in [3.63, 3.8) is 0 Å². The second-order valence-corrected chi connectivity index (χ2v) is 4.48. The molecule has 0 spiro atoms. The first-order valence-corrected chi connectivity index (χ1v) is 6.64. The number of benzene rings is 1. The van der Waals surface area contributed by atoms with E-state index in [1.54, 1.807) is 25.3 Å². The Kier molecular flexibility index (Phi) is 5.13. The Morgan fingerprint density at radius 1 is 1.09 bits per heavy atom. The summed E-state index contributed by atoms with van der Waals surface area (Å²) in [7, 11) is 3.06. The van der Waals surface area contributed by atoms with Crippen molar-refractivity contribution in [1.29, 1.82) is 0 Å². The van der Waals surface area contributed by atoms with E-state index in [4.69, 9.17) is 25.7 Å². The number of anilines is 2. The molecule has 0 saturated carbocycles. The van der Waals surface area contributed by atoms with Crippen LogP contribution in [0.25, 0.3) is 0 Å². The number of nitrogen functional groups attached to an aromatic ring is 2. The normalized spacial score (nSPS) is 10.2. The first-order chi connectivity index (χ1) is 11.0. The smallest absolute Gasteiger partial charge is 0.310 e. The van der Waals surface area contributed by atoms with Crippen molar-refractivity contribution in [3.05, 3.63) is 29.6 Å². The molecule has 0 atom stereocenters. The predicted octanol–water partition coefficient (Wildman–Crippen LogP) is 0.339. The van der Waals surface area contributed by atoms with Crippen molar-refractivity contribution >= 4 is 17.9 Å². The van der Waals surface area contributed by atoms with E-state index in [2.05, 4.69) is 15.0 Å². The molecule has 0 bridgehead atoms. The van der Waals surface area contributed by atoms with E-state index in [1.165, 1.54) is 7.11 Å². The molecule has 9 nitrogen and oxygen atoms in total. The fourth-order valence-electron chi connectivity index (χ4n) is 1.87. The minimum absolute atomic E-state index is 0.0274. The Bertz CT molecular complexity index is 687. The highest BCUT2D eigenvalue weighted by Gasteiger charge is 2.12. The van der Waals surface area contributed by atoms with Crippen LogP contribution in [0.5, 0.6) is 11.5 Å². The predicted molar refractivity (Wildman–Crippen MR) is 81.7 cm³/mol. The summed E-state index contributed by atoms with van der Waals surface area (Å²) >= 11 is 0. The third-order valence-corrected chi connectivity index (χ3v) is 2.91. The van der Waals surface area contributed by atoms with Crippen molar-refractivity contribution in [2.24, 2.45) is 0 Å². The van der Waals surface area contributed by atoms with E-state index in [0.29, 0.717) is 17.1 Å². The lowest BCUT2D eigenvalue weighted by molar-refractivity contribution is -0.144. The van der Waals surface area contributed by atoms with E-state index < -0.39 is 5.97 Å². The summed E-state index contributed by atoms with van der Waals surface area (Å²) in [6.45, 7) is -0.145. The number of ether oxygens (including phenoxy) is 3. The highest BCUT2D eigenvalue weighted by Crippen LogP contribution is 2.25. The number of carbonyl (C=O) groups is 1. The molecule has 9 heteroatoms. The number of methoxy groups -OCH3 is 2. The van der Waals surface area contributed by atoms with Gasteiger partial charge in [-0.05, 0) is 6.07 Å². The molecule has 1 aromatic carbocycles. The maximum Gasteiger partial charge on any atom is 0.310 e. The van der Waals surface area contributed by atoms with Crippen LogP contribution in [-0.4, -0.2) is 35.1 Å². The first kappa shape index (κ1) is 16.3. The molecule has 0 radical (unpaired) electrons. The minimum Gasteiger partial charge on any atom is -0.497 e. The summed E-state index contributed by atoms with van der Waals surface area (Å²) in [5.74, 6) is 0.835. The van der Waals surface area contributed by atoms with Crippen molar-refractivity contribution in [2.45, 2.75) is 13.0 Å². The lowest BCUT2D eigenvalue weighted by atomic mass is 10.1. The number of aromatic nitrogens is 3. The molecule has 122 valence electrons. The third-order valence-electron chi connectivity index (χ3n) is 2.91. The van der Waals surface area contributed by atoms with Gasteiger partial charge in [-0.15, -0.1) is 0 Å². The van der Waals surface area contributed by atoms with Gasteiger partial charge in [-0.25, -0.2) is 0 Å². The Balaban J connectivity index is 1.99. The molecule has 0 unspecified atom stereocenters. The van der Waals surface area contributed by atoms with E-state index >= 15 is 0 Å². The highest BCUT2D eigenvalue weighted by atomic mass is 16.5. The van der Waals surface area contributed by atoms with Gasteiger partial charge < -0.3 is 25.7 Å². The molecule has 1 heterocycles. The standard InChI is InChI=1S/C14H17N5O4/c1-21-9-4-3-8(10(6-9)22-2)5-12(20)23-7-11-17-13(15)19-14(16)18-11/h3-4,6H,5,7H2,1-2H3,(H4,15,16,17,18,19). The van der Waals surface area contributed by atoms with Gasteiger partial charge in [-0.3, -0.25) is 4.79 Å². The molecular weight excluding hydrogens is 302 g/mol. The Labute approximate surface area is 132 Å². The van der Waals surface area contributed by atoms with Crippen molar-refractivity contribution in [3.8, 4) is 11.5 Å². The lowest BCUT2D eigenvalue weighted by Crippen LogP contribution is -2.12. The van der Waals surface area contributed by atoms with Gasteiger partial charge in [0.25, 0.3) is 0 Å². The van der Waals surface area contributed by atoms with Gasteiger partial charge in [-0.1, -0.05) is 6.07 Å². The average Bonchev–Trinajstić information content (AvgIpc) is 2.52. The molecule has 23 heavy (non-hydrogen) atoms. The third kappa shape index (κ3) is 4.43. The van der Waals surface area contributed by atoms with Crippen LogP contribution in [-0.2, 0) is 22.6 Å². The molecule has 0 amide bonds. The fraction of sp³-hybridized carbons (Fsp3) is 0.286. The molecule has 0 aliphatic rings. The van der Waals surface area contributed by atoms with Crippen LogP contribution >= 0.6 is 0 Å². The highest BCUT2D eigenvalue weighted by molar-refractivity contribution is 5.73. The summed E-state index contributed by atoms with van der Waals surface area (Å²) in [5.41, 5.74) is 11.6. The Morgan fingerprint density at radius 2 is 1.78 bits per heavy atom. The number of esters is 1. The van der Waals surface area contributed by atoms with Gasteiger partial charge in [0, 0.05) is 11.6 Å². The number of hydrogen-bond acceptors (Lipinski definition) is 9. The van der Waals surface area contributed by atoms with Crippen LogP contribution in [0.1, 0.15) is 11.4 Å². The molecule has 0 aliphatic carbocycles. The average molecular weight is 319 g/mol. The van der Waals surface area contributed by atoms with Crippen molar-refractivity contribution in [1.82, 2.24) is 15.0 Å². The maximum absolute atomic E-state index is 11.9. The van der Waals surface area contributed by atoms with E-state index in [-0.39, 0.29) is 30.7 Å². The van der Waals surface area contributed by atoms with E-state index in [1.807, 2.05) is 0 Å². The summed E-state index contributed by atoms with van der Waals surface area (Å²) in [5, 5.41) is 0. The molecule has 0 saturated heterocycles. The number of nitrogens with two attached hydrogens (primary N) is 2. The molecule has 0 aliphatic heterocycles. The molecular formula is C14H17N5O4. The fourth-order valence-corrected chi connectivity index (χ4v) is 1.87. The molecule has 4 N–H and O–H groups in total. The quantitative estimate of drug-likeness (QED) is 0.722. The molecule has 2 rings (SSSR count). The summed E-state index contributed by atoms with van der Waals surface area (Å²) in [6.07, 6.45) is 0.0310.